The molecule has 1 N–H and O–H groups in total. The van der Waals surface area contributed by atoms with E-state index in [1.165, 1.54) is 12.3 Å². The number of hydrogen-bond donors (Lipinski definition) is 1. The van der Waals surface area contributed by atoms with E-state index in [1.807, 2.05) is 0 Å². The Balaban J connectivity index is 1.96. The molecule has 3 aromatic rings. The first-order valence-corrected chi connectivity index (χ1v) is 5.83. The standard InChI is InChI=1S/C15H9F2NO2/c16-13-4-2-11(6-14(13)17)20-10-1-3-12-9(5-10)7-18-8-15(12)19/h1-8,19H. The van der Waals surface area contributed by atoms with Gasteiger partial charge in [0.15, 0.2) is 11.6 Å². The van der Waals surface area contributed by atoms with Gasteiger partial charge in [0, 0.05) is 23.0 Å². The number of aromatic hydroxyl groups is 1. The van der Waals surface area contributed by atoms with Crippen molar-refractivity contribution in [1.29, 1.82) is 0 Å². The lowest BCUT2D eigenvalue weighted by Crippen LogP contribution is -1.88. The number of pyridine rings is 1. The van der Waals surface area contributed by atoms with Gasteiger partial charge < -0.3 is 9.84 Å². The quantitative estimate of drug-likeness (QED) is 0.767. The fourth-order valence-electron chi connectivity index (χ4n) is 1.88. The van der Waals surface area contributed by atoms with Crippen LogP contribution < -0.4 is 4.74 Å². The predicted molar refractivity (Wildman–Crippen MR) is 69.8 cm³/mol. The molecular weight excluding hydrogens is 264 g/mol. The lowest BCUT2D eigenvalue weighted by atomic mass is 10.1. The summed E-state index contributed by atoms with van der Waals surface area (Å²) in [5.74, 6) is -1.19. The summed E-state index contributed by atoms with van der Waals surface area (Å²) in [6.07, 6.45) is 2.92. The number of rotatable bonds is 2. The van der Waals surface area contributed by atoms with Crippen LogP contribution in [0, 0.1) is 11.6 Å². The summed E-state index contributed by atoms with van der Waals surface area (Å²) in [6.45, 7) is 0. The Bertz CT molecular complexity index is 790. The Morgan fingerprint density at radius 2 is 1.65 bits per heavy atom. The van der Waals surface area contributed by atoms with Gasteiger partial charge in [0.2, 0.25) is 0 Å². The van der Waals surface area contributed by atoms with Gasteiger partial charge in [-0.3, -0.25) is 4.98 Å². The number of benzene rings is 2. The van der Waals surface area contributed by atoms with Crippen molar-refractivity contribution >= 4 is 10.8 Å². The van der Waals surface area contributed by atoms with Crippen LogP contribution in [0.25, 0.3) is 10.8 Å². The third-order valence-corrected chi connectivity index (χ3v) is 2.84. The van der Waals surface area contributed by atoms with Crippen LogP contribution in [0.1, 0.15) is 0 Å². The molecule has 20 heavy (non-hydrogen) atoms. The van der Waals surface area contributed by atoms with E-state index in [0.29, 0.717) is 16.5 Å². The fourth-order valence-corrected chi connectivity index (χ4v) is 1.88. The second-order valence-corrected chi connectivity index (χ2v) is 4.22. The maximum absolute atomic E-state index is 13.1. The third kappa shape index (κ3) is 2.25. The molecule has 100 valence electrons. The van der Waals surface area contributed by atoms with Gasteiger partial charge in [-0.05, 0) is 30.3 Å². The average Bonchev–Trinajstić information content (AvgIpc) is 2.43. The number of fused-ring (bicyclic) bond motifs is 1. The van der Waals surface area contributed by atoms with E-state index in [2.05, 4.69) is 4.98 Å². The highest BCUT2D eigenvalue weighted by atomic mass is 19.2. The predicted octanol–water partition coefficient (Wildman–Crippen LogP) is 4.01. The maximum Gasteiger partial charge on any atom is 0.162 e. The van der Waals surface area contributed by atoms with Gasteiger partial charge in [0.25, 0.3) is 0 Å². The summed E-state index contributed by atoms with van der Waals surface area (Å²) in [5.41, 5.74) is 0. The molecule has 0 atom stereocenters. The highest BCUT2D eigenvalue weighted by Gasteiger charge is 2.06. The minimum atomic E-state index is -0.970. The minimum Gasteiger partial charge on any atom is -0.506 e. The zero-order chi connectivity index (χ0) is 14.1. The van der Waals surface area contributed by atoms with Gasteiger partial charge in [-0.2, -0.15) is 0 Å². The van der Waals surface area contributed by atoms with Crippen LogP contribution in [0.5, 0.6) is 17.2 Å². The summed E-state index contributed by atoms with van der Waals surface area (Å²) in [5, 5.41) is 10.9. The van der Waals surface area contributed by atoms with Crippen LogP contribution >= 0.6 is 0 Å². The van der Waals surface area contributed by atoms with Crippen molar-refractivity contribution in [2.75, 3.05) is 0 Å². The first-order chi connectivity index (χ1) is 9.63. The molecule has 0 unspecified atom stereocenters. The maximum atomic E-state index is 13.1. The van der Waals surface area contributed by atoms with E-state index in [9.17, 15) is 13.9 Å². The van der Waals surface area contributed by atoms with Crippen LogP contribution in [0.15, 0.2) is 48.8 Å². The molecule has 5 heteroatoms. The largest absolute Gasteiger partial charge is 0.506 e. The highest BCUT2D eigenvalue weighted by Crippen LogP contribution is 2.29. The summed E-state index contributed by atoms with van der Waals surface area (Å²) < 4.78 is 31.4. The van der Waals surface area contributed by atoms with Crippen LogP contribution in [-0.4, -0.2) is 10.1 Å². The lowest BCUT2D eigenvalue weighted by molar-refractivity contribution is 0.462. The minimum absolute atomic E-state index is 0.0712. The Labute approximate surface area is 113 Å². The van der Waals surface area contributed by atoms with Crippen molar-refractivity contribution < 1.29 is 18.6 Å². The third-order valence-electron chi connectivity index (χ3n) is 2.84. The molecule has 2 aromatic carbocycles. The van der Waals surface area contributed by atoms with E-state index in [-0.39, 0.29) is 11.5 Å². The molecule has 0 saturated carbocycles. The van der Waals surface area contributed by atoms with E-state index in [0.717, 1.165) is 12.1 Å². The number of halogens is 2. The Kier molecular flexibility index (Phi) is 2.95. The molecule has 0 aliphatic carbocycles. The molecule has 0 aliphatic heterocycles. The van der Waals surface area contributed by atoms with Crippen LogP contribution in [0.4, 0.5) is 8.78 Å². The number of ether oxygens (including phenoxy) is 1. The molecule has 0 amide bonds. The van der Waals surface area contributed by atoms with Crippen molar-refractivity contribution in [2.24, 2.45) is 0 Å². The van der Waals surface area contributed by atoms with Crippen molar-refractivity contribution in [3.05, 3.63) is 60.4 Å². The van der Waals surface area contributed by atoms with E-state index < -0.39 is 11.6 Å². The van der Waals surface area contributed by atoms with Gasteiger partial charge in [0.1, 0.15) is 17.2 Å². The molecule has 3 rings (SSSR count). The Morgan fingerprint density at radius 1 is 0.900 bits per heavy atom. The molecule has 1 aromatic heterocycles. The van der Waals surface area contributed by atoms with Gasteiger partial charge in [-0.1, -0.05) is 0 Å². The molecule has 0 aliphatic rings. The monoisotopic (exact) mass is 273 g/mol. The van der Waals surface area contributed by atoms with Crippen molar-refractivity contribution in [1.82, 2.24) is 4.98 Å². The van der Waals surface area contributed by atoms with E-state index in [4.69, 9.17) is 4.74 Å². The first kappa shape index (κ1) is 12.3. The molecule has 1 heterocycles. The summed E-state index contributed by atoms with van der Waals surface area (Å²) in [6, 6.07) is 8.26. The summed E-state index contributed by atoms with van der Waals surface area (Å²) in [4.78, 5) is 3.87. The normalized spacial score (nSPS) is 10.7. The zero-order valence-electron chi connectivity index (χ0n) is 10.2. The van der Waals surface area contributed by atoms with Gasteiger partial charge in [0.05, 0.1) is 6.20 Å². The van der Waals surface area contributed by atoms with Crippen molar-refractivity contribution in [3.63, 3.8) is 0 Å². The van der Waals surface area contributed by atoms with Gasteiger partial charge >= 0.3 is 0 Å². The van der Waals surface area contributed by atoms with E-state index >= 15 is 0 Å². The second-order valence-electron chi connectivity index (χ2n) is 4.22. The summed E-state index contributed by atoms with van der Waals surface area (Å²) >= 11 is 0. The number of aromatic nitrogens is 1. The van der Waals surface area contributed by atoms with Gasteiger partial charge in [-0.25, -0.2) is 8.78 Å². The van der Waals surface area contributed by atoms with Crippen LogP contribution in [0.2, 0.25) is 0 Å². The smallest absolute Gasteiger partial charge is 0.162 e. The average molecular weight is 273 g/mol. The Hall–Kier alpha value is -2.69. The zero-order valence-corrected chi connectivity index (χ0v) is 10.2. The number of hydrogen-bond acceptors (Lipinski definition) is 3. The Morgan fingerprint density at radius 3 is 2.45 bits per heavy atom. The SMILES string of the molecule is Oc1cncc2cc(Oc3ccc(F)c(F)c3)ccc12. The topological polar surface area (TPSA) is 42.4 Å². The van der Waals surface area contributed by atoms with Crippen molar-refractivity contribution in [3.8, 4) is 17.2 Å². The molecule has 0 fully saturated rings. The van der Waals surface area contributed by atoms with Crippen LogP contribution in [-0.2, 0) is 0 Å². The summed E-state index contributed by atoms with van der Waals surface area (Å²) in [7, 11) is 0. The lowest BCUT2D eigenvalue weighted by Gasteiger charge is -2.07. The molecule has 3 nitrogen and oxygen atoms in total. The van der Waals surface area contributed by atoms with Crippen molar-refractivity contribution in [2.45, 2.75) is 0 Å². The first-order valence-electron chi connectivity index (χ1n) is 5.83. The molecule has 0 radical (unpaired) electrons. The number of nitrogens with zero attached hydrogens (tertiary/aromatic N) is 1. The second kappa shape index (κ2) is 4.77. The molecule has 0 saturated heterocycles. The van der Waals surface area contributed by atoms with E-state index in [1.54, 1.807) is 24.4 Å². The highest BCUT2D eigenvalue weighted by molar-refractivity contribution is 5.88. The molecular formula is C15H9F2NO2. The fraction of sp³-hybridized carbons (Fsp3) is 0. The van der Waals surface area contributed by atoms with Gasteiger partial charge in [-0.15, -0.1) is 0 Å². The molecule has 0 spiro atoms. The van der Waals surface area contributed by atoms with Crippen LogP contribution in [0.3, 0.4) is 0 Å². The molecule has 0 bridgehead atoms.